The van der Waals surface area contributed by atoms with E-state index in [1.807, 2.05) is 0 Å². The first-order valence-corrected chi connectivity index (χ1v) is 5.15. The molecule has 0 aliphatic heterocycles. The van der Waals surface area contributed by atoms with E-state index in [1.165, 1.54) is 0 Å². The van der Waals surface area contributed by atoms with Crippen LogP contribution in [0.4, 0.5) is 0 Å². The van der Waals surface area contributed by atoms with Crippen LogP contribution in [0.25, 0.3) is 0 Å². The third-order valence-corrected chi connectivity index (χ3v) is 2.20. The zero-order valence-corrected chi connectivity index (χ0v) is 7.84. The predicted molar refractivity (Wildman–Crippen MR) is 63.8 cm³/mol. The Morgan fingerprint density at radius 1 is 1.21 bits per heavy atom. The van der Waals surface area contributed by atoms with Crippen LogP contribution in [0.3, 0.4) is 0 Å². The Bertz CT molecular complexity index is 147. The Morgan fingerprint density at radius 3 is 2.07 bits per heavy atom. The van der Waals surface area contributed by atoms with E-state index in [0.717, 1.165) is 26.4 Å². The van der Waals surface area contributed by atoms with Gasteiger partial charge < -0.3 is 4.89 Å². The molecule has 1 atom stereocenters. The second-order valence-electron chi connectivity index (χ2n) is 2.19. The molecular weight excluding hydrogens is 236 g/mol. The van der Waals surface area contributed by atoms with Gasteiger partial charge in [-0.2, -0.15) is 0 Å². The number of hydrogen-bond acceptors (Lipinski definition) is 3. The Labute approximate surface area is 152 Å². The number of phosphoric acid groups is 1. The van der Waals surface area contributed by atoms with Gasteiger partial charge in [0.2, 0.25) is 0 Å². The van der Waals surface area contributed by atoms with Gasteiger partial charge in [0, 0.05) is 7.11 Å². The summed E-state index contributed by atoms with van der Waals surface area (Å²) in [6.07, 6.45) is 2.86. The van der Waals surface area contributed by atoms with Gasteiger partial charge in [-0.15, -0.1) is 0 Å². The van der Waals surface area contributed by atoms with Gasteiger partial charge >= 0.3 is 96.5 Å². The molecule has 0 aromatic heterocycles. The van der Waals surface area contributed by atoms with Crippen molar-refractivity contribution in [1.82, 2.24) is 0 Å². The molecule has 74 valence electrons. The van der Waals surface area contributed by atoms with Gasteiger partial charge in [0.15, 0.2) is 0 Å². The molecule has 8 heteroatoms. The van der Waals surface area contributed by atoms with Crippen molar-refractivity contribution in [3.63, 3.8) is 0 Å². The van der Waals surface area contributed by atoms with Crippen molar-refractivity contribution in [3.8, 4) is 0 Å². The van der Waals surface area contributed by atoms with Gasteiger partial charge in [-0.3, -0.25) is 9.05 Å². The molecule has 0 rings (SSSR count). The van der Waals surface area contributed by atoms with E-state index in [-0.39, 0.29) is 95.3 Å². The van der Waals surface area contributed by atoms with Crippen molar-refractivity contribution in [1.29, 1.82) is 0 Å². The van der Waals surface area contributed by atoms with Crippen LogP contribution >= 0.6 is 7.82 Å². The summed E-state index contributed by atoms with van der Waals surface area (Å²) in [6.45, 7) is 2.34. The van der Waals surface area contributed by atoms with Crippen LogP contribution in [-0.2, 0) is 13.6 Å². The van der Waals surface area contributed by atoms with Crippen molar-refractivity contribution in [2.45, 2.75) is 26.2 Å². The number of phosphoric ester groups is 1. The SMILES string of the molecule is CCCCCOP(=O)(O)OC.[NaH].[NaH].[NaH]. The summed E-state index contributed by atoms with van der Waals surface area (Å²) in [7, 11) is -2.56. The molecule has 0 bridgehead atoms. The van der Waals surface area contributed by atoms with Gasteiger partial charge in [-0.1, -0.05) is 19.8 Å². The molecule has 0 saturated carbocycles. The van der Waals surface area contributed by atoms with Crippen LogP contribution < -0.4 is 0 Å². The summed E-state index contributed by atoms with van der Waals surface area (Å²) in [5.41, 5.74) is 0. The van der Waals surface area contributed by atoms with Gasteiger partial charge in [-0.05, 0) is 6.42 Å². The van der Waals surface area contributed by atoms with Crippen LogP contribution in [-0.4, -0.2) is 107 Å². The van der Waals surface area contributed by atoms with Crippen molar-refractivity contribution >= 4 is 96.5 Å². The number of hydrogen-bond donors (Lipinski definition) is 1. The van der Waals surface area contributed by atoms with Gasteiger partial charge in [0.1, 0.15) is 0 Å². The minimum atomic E-state index is -3.71. The Hall–Kier alpha value is 3.11. The number of unbranched alkanes of at least 4 members (excludes halogenated alkanes) is 2. The van der Waals surface area contributed by atoms with E-state index in [1.54, 1.807) is 0 Å². The maximum atomic E-state index is 10.7. The molecule has 0 heterocycles. The summed E-state index contributed by atoms with van der Waals surface area (Å²) in [4.78, 5) is 8.73. The first-order chi connectivity index (χ1) is 5.12. The summed E-state index contributed by atoms with van der Waals surface area (Å²) < 4.78 is 19.4. The van der Waals surface area contributed by atoms with Gasteiger partial charge in [0.25, 0.3) is 0 Å². The molecule has 0 fully saturated rings. The summed E-state index contributed by atoms with van der Waals surface area (Å²) in [5, 5.41) is 0. The predicted octanol–water partition coefficient (Wildman–Crippen LogP) is -0.00550. The summed E-state index contributed by atoms with van der Waals surface area (Å²) >= 11 is 0. The number of rotatable bonds is 6. The maximum absolute atomic E-state index is 10.7. The molecule has 0 radical (unpaired) electrons. The first kappa shape index (κ1) is 25.8. The van der Waals surface area contributed by atoms with Crippen LogP contribution in [0.15, 0.2) is 0 Å². The zero-order valence-electron chi connectivity index (χ0n) is 6.95. The van der Waals surface area contributed by atoms with E-state index in [4.69, 9.17) is 4.89 Å². The average molecular weight is 254 g/mol. The normalized spacial score (nSPS) is 12.8. The molecular formula is C6H18Na3O4P. The first-order valence-electron chi connectivity index (χ1n) is 3.65. The minimum absolute atomic E-state index is 0. The topological polar surface area (TPSA) is 55.8 Å². The summed E-state index contributed by atoms with van der Waals surface area (Å²) in [6, 6.07) is 0. The molecule has 0 saturated heterocycles. The second-order valence-corrected chi connectivity index (χ2v) is 3.75. The van der Waals surface area contributed by atoms with Crippen LogP contribution in [0.2, 0.25) is 0 Å². The van der Waals surface area contributed by atoms with Crippen LogP contribution in [0, 0.1) is 0 Å². The van der Waals surface area contributed by atoms with Crippen LogP contribution in [0.5, 0.6) is 0 Å². The zero-order chi connectivity index (χ0) is 8.74. The van der Waals surface area contributed by atoms with Crippen molar-refractivity contribution in [3.05, 3.63) is 0 Å². The molecule has 0 aliphatic carbocycles. The second kappa shape index (κ2) is 16.1. The molecule has 4 nitrogen and oxygen atoms in total. The monoisotopic (exact) mass is 254 g/mol. The van der Waals surface area contributed by atoms with E-state index < -0.39 is 7.82 Å². The van der Waals surface area contributed by atoms with Crippen molar-refractivity contribution in [2.75, 3.05) is 13.7 Å². The fourth-order valence-corrected chi connectivity index (χ4v) is 1.05. The third kappa shape index (κ3) is 17.5. The molecule has 1 unspecified atom stereocenters. The Balaban J connectivity index is -0.000000167. The molecule has 0 aromatic carbocycles. The molecule has 0 aliphatic rings. The van der Waals surface area contributed by atoms with E-state index in [2.05, 4.69) is 16.0 Å². The molecule has 0 amide bonds. The standard InChI is InChI=1S/C6H15O4P.3Na.3H/c1-3-4-5-6-10-11(7,8)9-2;;;;;;/h3-6H2,1-2H3,(H,7,8);;;;;;. The fraction of sp³-hybridized carbons (Fsp3) is 1.00. The molecule has 1 N–H and O–H groups in total. The van der Waals surface area contributed by atoms with Crippen LogP contribution in [0.1, 0.15) is 26.2 Å². The van der Waals surface area contributed by atoms with E-state index in [0.29, 0.717) is 0 Å². The molecule has 0 spiro atoms. The average Bonchev–Trinajstić information content (AvgIpc) is 1.99. The van der Waals surface area contributed by atoms with E-state index >= 15 is 0 Å². The third-order valence-electron chi connectivity index (χ3n) is 1.23. The van der Waals surface area contributed by atoms with Gasteiger partial charge in [-0.25, -0.2) is 4.57 Å². The fourth-order valence-electron chi connectivity index (χ4n) is 0.585. The Kier molecular flexibility index (Phi) is 29.7. The summed E-state index contributed by atoms with van der Waals surface area (Å²) in [5.74, 6) is 0. The Morgan fingerprint density at radius 2 is 1.71 bits per heavy atom. The van der Waals surface area contributed by atoms with Gasteiger partial charge in [0.05, 0.1) is 6.61 Å². The quantitative estimate of drug-likeness (QED) is 0.411. The molecule has 0 aromatic rings. The van der Waals surface area contributed by atoms with Crippen molar-refractivity contribution < 1.29 is 18.5 Å². The van der Waals surface area contributed by atoms with Crippen molar-refractivity contribution in [2.24, 2.45) is 0 Å². The molecule has 14 heavy (non-hydrogen) atoms. The van der Waals surface area contributed by atoms with E-state index in [9.17, 15) is 4.57 Å².